The van der Waals surface area contributed by atoms with Crippen molar-refractivity contribution >= 4 is 17.6 Å². The van der Waals surface area contributed by atoms with Crippen molar-refractivity contribution in [3.05, 3.63) is 0 Å². The minimum absolute atomic E-state index is 0.0806. The number of hydrogen-bond acceptors (Lipinski definition) is 4. The van der Waals surface area contributed by atoms with E-state index in [1.807, 2.05) is 4.90 Å². The van der Waals surface area contributed by atoms with Gasteiger partial charge < -0.3 is 9.80 Å². The molecular formula is C15H25N3O3. The predicted molar refractivity (Wildman–Crippen MR) is 78.7 cm³/mol. The van der Waals surface area contributed by atoms with Gasteiger partial charge in [-0.15, -0.1) is 0 Å². The highest BCUT2D eigenvalue weighted by atomic mass is 16.2. The lowest BCUT2D eigenvalue weighted by molar-refractivity contribution is -0.142. The molecular weight excluding hydrogens is 270 g/mol. The Kier molecular flexibility index (Phi) is 5.33. The summed E-state index contributed by atoms with van der Waals surface area (Å²) in [4.78, 5) is 40.7. The molecule has 0 bridgehead atoms. The van der Waals surface area contributed by atoms with Gasteiger partial charge in [-0.2, -0.15) is 0 Å². The van der Waals surface area contributed by atoms with Crippen LogP contribution in [0.15, 0.2) is 0 Å². The molecule has 0 radical (unpaired) electrons. The van der Waals surface area contributed by atoms with E-state index in [1.54, 1.807) is 18.7 Å². The molecule has 0 atom stereocenters. The van der Waals surface area contributed by atoms with Crippen LogP contribution in [-0.2, 0) is 14.4 Å². The molecule has 2 aliphatic rings. The molecule has 0 aromatic rings. The van der Waals surface area contributed by atoms with E-state index in [1.165, 1.54) is 0 Å². The predicted octanol–water partition coefficient (Wildman–Crippen LogP) is -0.0219. The fourth-order valence-corrected chi connectivity index (χ4v) is 3.15. The number of carbonyl (C=O) groups excluding carboxylic acids is 3. The molecule has 2 heterocycles. The molecule has 2 rings (SSSR count). The second-order valence-electron chi connectivity index (χ2n) is 6.08. The van der Waals surface area contributed by atoms with Crippen LogP contribution < -0.4 is 0 Å². The summed E-state index contributed by atoms with van der Waals surface area (Å²) in [5.41, 5.74) is 0. The third-order valence-corrected chi connectivity index (χ3v) is 4.42. The van der Waals surface area contributed by atoms with Gasteiger partial charge in [-0.05, 0) is 32.9 Å². The molecule has 0 aromatic heterocycles. The molecule has 0 N–H and O–H groups in total. The summed E-state index contributed by atoms with van der Waals surface area (Å²) in [6, 6.07) is 0. The normalized spacial score (nSPS) is 21.4. The Labute approximate surface area is 126 Å². The maximum Gasteiger partial charge on any atom is 0.225 e. The van der Waals surface area contributed by atoms with E-state index in [9.17, 15) is 14.4 Å². The highest BCUT2D eigenvalue weighted by Crippen LogP contribution is 2.20. The third-order valence-electron chi connectivity index (χ3n) is 4.42. The van der Waals surface area contributed by atoms with Crippen LogP contribution in [-0.4, -0.2) is 78.1 Å². The zero-order valence-electron chi connectivity index (χ0n) is 13.0. The van der Waals surface area contributed by atoms with Crippen molar-refractivity contribution < 1.29 is 14.4 Å². The van der Waals surface area contributed by atoms with Gasteiger partial charge in [-0.1, -0.05) is 0 Å². The summed E-state index contributed by atoms with van der Waals surface area (Å²) in [6.07, 6.45) is 1.66. The smallest absolute Gasteiger partial charge is 0.225 e. The lowest BCUT2D eigenvalue weighted by Crippen LogP contribution is -2.52. The minimum atomic E-state index is 0.0806. The van der Waals surface area contributed by atoms with Crippen molar-refractivity contribution in [2.24, 2.45) is 5.92 Å². The Hall–Kier alpha value is -1.43. The van der Waals surface area contributed by atoms with Crippen molar-refractivity contribution in [3.8, 4) is 0 Å². The topological polar surface area (TPSA) is 60.9 Å². The van der Waals surface area contributed by atoms with Crippen molar-refractivity contribution in [3.63, 3.8) is 0 Å². The summed E-state index contributed by atoms with van der Waals surface area (Å²) in [7, 11) is 0. The minimum Gasteiger partial charge on any atom is -0.339 e. The summed E-state index contributed by atoms with van der Waals surface area (Å²) in [6.45, 7) is 7.89. The molecule has 0 unspecified atom stereocenters. The van der Waals surface area contributed by atoms with Gasteiger partial charge in [-0.25, -0.2) is 0 Å². The molecule has 2 amide bonds. The first-order valence-corrected chi connectivity index (χ1v) is 7.73. The largest absolute Gasteiger partial charge is 0.339 e. The molecule has 0 aliphatic carbocycles. The Bertz CT molecular complexity index is 408. The van der Waals surface area contributed by atoms with E-state index in [2.05, 4.69) is 4.90 Å². The lowest BCUT2D eigenvalue weighted by atomic mass is 9.95. The number of piperidine rings is 1. The Balaban J connectivity index is 1.77. The molecule has 2 fully saturated rings. The van der Waals surface area contributed by atoms with Crippen molar-refractivity contribution in [2.75, 3.05) is 45.8 Å². The zero-order valence-corrected chi connectivity index (χ0v) is 13.0. The third kappa shape index (κ3) is 4.27. The molecule has 0 spiro atoms. The average Bonchev–Trinajstić information content (AvgIpc) is 2.47. The number of carbonyl (C=O) groups is 3. The monoisotopic (exact) mass is 295 g/mol. The van der Waals surface area contributed by atoms with Gasteiger partial charge in [-0.3, -0.25) is 19.3 Å². The van der Waals surface area contributed by atoms with E-state index in [4.69, 9.17) is 0 Å². The average molecular weight is 295 g/mol. The first kappa shape index (κ1) is 15.9. The van der Waals surface area contributed by atoms with Crippen LogP contribution in [0.2, 0.25) is 0 Å². The summed E-state index contributed by atoms with van der Waals surface area (Å²) in [5.74, 6) is 0.567. The number of amides is 2. The molecule has 0 saturated carbocycles. The maximum atomic E-state index is 12.5. The van der Waals surface area contributed by atoms with E-state index in [0.29, 0.717) is 32.7 Å². The molecule has 0 aromatic carbocycles. The van der Waals surface area contributed by atoms with E-state index in [0.717, 1.165) is 25.9 Å². The van der Waals surface area contributed by atoms with Crippen LogP contribution in [0, 0.1) is 5.92 Å². The Morgan fingerprint density at radius 3 is 1.86 bits per heavy atom. The van der Waals surface area contributed by atoms with Gasteiger partial charge >= 0.3 is 0 Å². The van der Waals surface area contributed by atoms with Crippen molar-refractivity contribution in [1.82, 2.24) is 14.7 Å². The molecule has 2 saturated heterocycles. The zero-order chi connectivity index (χ0) is 15.4. The number of likely N-dealkylation sites (tertiary alicyclic amines) is 1. The second kappa shape index (κ2) is 7.02. The van der Waals surface area contributed by atoms with Crippen LogP contribution in [0.1, 0.15) is 26.7 Å². The highest BCUT2D eigenvalue weighted by Gasteiger charge is 2.30. The van der Waals surface area contributed by atoms with Gasteiger partial charge in [0.05, 0.1) is 6.54 Å². The fraction of sp³-hybridized carbons (Fsp3) is 0.800. The molecule has 2 aliphatic heterocycles. The number of nitrogens with zero attached hydrogens (tertiary/aromatic N) is 3. The van der Waals surface area contributed by atoms with Crippen LogP contribution >= 0.6 is 0 Å². The first-order chi connectivity index (χ1) is 9.97. The van der Waals surface area contributed by atoms with Crippen LogP contribution in [0.4, 0.5) is 0 Å². The Morgan fingerprint density at radius 1 is 0.857 bits per heavy atom. The fourth-order valence-electron chi connectivity index (χ4n) is 3.15. The van der Waals surface area contributed by atoms with E-state index in [-0.39, 0.29) is 23.5 Å². The van der Waals surface area contributed by atoms with Crippen molar-refractivity contribution in [1.29, 1.82) is 0 Å². The summed E-state index contributed by atoms with van der Waals surface area (Å²) >= 11 is 0. The maximum absolute atomic E-state index is 12.5. The van der Waals surface area contributed by atoms with Crippen LogP contribution in [0.5, 0.6) is 0 Å². The van der Waals surface area contributed by atoms with Crippen LogP contribution in [0.25, 0.3) is 0 Å². The number of hydrogen-bond donors (Lipinski definition) is 0. The number of Topliss-reactive ketones (excluding diaryl/α,β-unsaturated/α-hetero) is 1. The second-order valence-corrected chi connectivity index (χ2v) is 6.08. The standard InChI is InChI=1S/C15H25N3O3/c1-12(19)11-16-5-3-14(4-6-16)15(21)18-9-7-17(8-10-18)13(2)20/h14H,3-11H2,1-2H3. The quantitative estimate of drug-likeness (QED) is 0.734. The molecule has 6 nitrogen and oxygen atoms in total. The summed E-state index contributed by atoms with van der Waals surface area (Å²) < 4.78 is 0. The van der Waals surface area contributed by atoms with Gasteiger partial charge in [0.25, 0.3) is 0 Å². The highest BCUT2D eigenvalue weighted by molar-refractivity contribution is 5.80. The van der Waals surface area contributed by atoms with E-state index < -0.39 is 0 Å². The van der Waals surface area contributed by atoms with Gasteiger partial charge in [0.1, 0.15) is 5.78 Å². The molecule has 6 heteroatoms. The van der Waals surface area contributed by atoms with Gasteiger partial charge in [0.2, 0.25) is 11.8 Å². The van der Waals surface area contributed by atoms with Crippen molar-refractivity contribution in [2.45, 2.75) is 26.7 Å². The SMILES string of the molecule is CC(=O)CN1CCC(C(=O)N2CCN(C(C)=O)CC2)CC1. The Morgan fingerprint density at radius 2 is 1.38 bits per heavy atom. The number of rotatable bonds is 3. The summed E-state index contributed by atoms with van der Waals surface area (Å²) in [5, 5.41) is 0. The van der Waals surface area contributed by atoms with Crippen LogP contribution in [0.3, 0.4) is 0 Å². The number of piperazine rings is 1. The number of ketones is 1. The van der Waals surface area contributed by atoms with Gasteiger partial charge in [0, 0.05) is 39.0 Å². The first-order valence-electron chi connectivity index (χ1n) is 7.73. The molecule has 118 valence electrons. The van der Waals surface area contributed by atoms with Gasteiger partial charge in [0.15, 0.2) is 0 Å². The lowest BCUT2D eigenvalue weighted by Gasteiger charge is -2.38. The molecule has 21 heavy (non-hydrogen) atoms. The van der Waals surface area contributed by atoms with E-state index >= 15 is 0 Å².